The Balaban J connectivity index is 0.00000243. The zero-order valence-corrected chi connectivity index (χ0v) is 17.6. The normalized spacial score (nSPS) is 14.7. The molecule has 1 aromatic heterocycles. The third-order valence-corrected chi connectivity index (χ3v) is 4.03. The molecular weight excluding hydrogens is 441 g/mol. The van der Waals surface area contributed by atoms with Crippen molar-refractivity contribution >= 4 is 41.4 Å². The van der Waals surface area contributed by atoms with Gasteiger partial charge in [0.2, 0.25) is 0 Å². The van der Waals surface area contributed by atoms with Crippen LogP contribution >= 0.6 is 24.0 Å². The molecule has 7 heteroatoms. The molecule has 0 atom stereocenters. The van der Waals surface area contributed by atoms with Crippen molar-refractivity contribution in [2.24, 2.45) is 10.7 Å². The molecule has 0 radical (unpaired) electrons. The Labute approximate surface area is 171 Å². The second-order valence-corrected chi connectivity index (χ2v) is 6.29. The summed E-state index contributed by atoms with van der Waals surface area (Å²) in [5.41, 5.74) is 10.2. The molecule has 26 heavy (non-hydrogen) atoms. The SMILES string of the molecule is Cc1cc(C)cc(NC(N)=NCc2cccc(N3CCOCC3)n2)c1.I. The van der Waals surface area contributed by atoms with Crippen LogP contribution in [0.4, 0.5) is 11.5 Å². The molecule has 6 nitrogen and oxygen atoms in total. The second-order valence-electron chi connectivity index (χ2n) is 6.29. The monoisotopic (exact) mass is 467 g/mol. The predicted molar refractivity (Wildman–Crippen MR) is 118 cm³/mol. The summed E-state index contributed by atoms with van der Waals surface area (Å²) in [6.07, 6.45) is 0. The highest BCUT2D eigenvalue weighted by Crippen LogP contribution is 2.15. The van der Waals surface area contributed by atoms with Gasteiger partial charge in [-0.3, -0.25) is 0 Å². The van der Waals surface area contributed by atoms with Crippen LogP contribution < -0.4 is 16.0 Å². The number of ether oxygens (including phenoxy) is 1. The minimum Gasteiger partial charge on any atom is -0.378 e. The lowest BCUT2D eigenvalue weighted by Gasteiger charge is -2.27. The fourth-order valence-electron chi connectivity index (χ4n) is 2.92. The smallest absolute Gasteiger partial charge is 0.193 e. The van der Waals surface area contributed by atoms with E-state index < -0.39 is 0 Å². The number of aromatic nitrogens is 1. The highest BCUT2D eigenvalue weighted by molar-refractivity contribution is 14.0. The minimum absolute atomic E-state index is 0. The summed E-state index contributed by atoms with van der Waals surface area (Å²) >= 11 is 0. The maximum absolute atomic E-state index is 6.02. The van der Waals surface area contributed by atoms with Crippen molar-refractivity contribution in [1.82, 2.24) is 4.98 Å². The van der Waals surface area contributed by atoms with Crippen molar-refractivity contribution in [3.63, 3.8) is 0 Å². The first-order valence-electron chi connectivity index (χ1n) is 8.54. The molecule has 140 valence electrons. The van der Waals surface area contributed by atoms with E-state index in [9.17, 15) is 0 Å². The van der Waals surface area contributed by atoms with Crippen LogP contribution in [0.3, 0.4) is 0 Å². The summed E-state index contributed by atoms with van der Waals surface area (Å²) in [5.74, 6) is 1.36. The van der Waals surface area contributed by atoms with E-state index in [1.54, 1.807) is 0 Å². The number of hydrogen-bond acceptors (Lipinski definition) is 4. The molecule has 1 aliphatic rings. The average Bonchev–Trinajstić information content (AvgIpc) is 2.60. The molecule has 0 spiro atoms. The van der Waals surface area contributed by atoms with Gasteiger partial charge in [-0.15, -0.1) is 24.0 Å². The molecule has 1 saturated heterocycles. The van der Waals surface area contributed by atoms with Gasteiger partial charge in [0.1, 0.15) is 5.82 Å². The first-order valence-corrected chi connectivity index (χ1v) is 8.54. The number of anilines is 2. The molecule has 3 N–H and O–H groups in total. The summed E-state index contributed by atoms with van der Waals surface area (Å²) in [6, 6.07) is 12.2. The number of nitrogens with one attached hydrogen (secondary N) is 1. The molecule has 0 unspecified atom stereocenters. The Kier molecular flexibility index (Phi) is 7.65. The molecule has 2 heterocycles. The van der Waals surface area contributed by atoms with Crippen molar-refractivity contribution in [3.8, 4) is 0 Å². The topological polar surface area (TPSA) is 75.8 Å². The minimum atomic E-state index is 0. The zero-order valence-electron chi connectivity index (χ0n) is 15.2. The number of aliphatic imine (C=N–C) groups is 1. The van der Waals surface area contributed by atoms with E-state index in [0.717, 1.165) is 43.5 Å². The number of halogens is 1. The van der Waals surface area contributed by atoms with Crippen LogP contribution in [-0.4, -0.2) is 37.2 Å². The predicted octanol–water partition coefficient (Wildman–Crippen LogP) is 3.08. The Hall–Kier alpha value is -1.87. The largest absolute Gasteiger partial charge is 0.378 e. The van der Waals surface area contributed by atoms with Gasteiger partial charge in [0.25, 0.3) is 0 Å². The highest BCUT2D eigenvalue weighted by atomic mass is 127. The van der Waals surface area contributed by atoms with Gasteiger partial charge in [0, 0.05) is 18.8 Å². The van der Waals surface area contributed by atoms with Gasteiger partial charge in [0.15, 0.2) is 5.96 Å². The third-order valence-electron chi connectivity index (χ3n) is 4.03. The number of rotatable bonds is 4. The first-order chi connectivity index (χ1) is 12.1. The quantitative estimate of drug-likeness (QED) is 0.411. The van der Waals surface area contributed by atoms with E-state index in [1.165, 1.54) is 11.1 Å². The summed E-state index contributed by atoms with van der Waals surface area (Å²) in [5, 5.41) is 3.14. The third kappa shape index (κ3) is 5.84. The van der Waals surface area contributed by atoms with Crippen molar-refractivity contribution in [3.05, 3.63) is 53.2 Å². The van der Waals surface area contributed by atoms with Crippen LogP contribution in [0.5, 0.6) is 0 Å². The van der Waals surface area contributed by atoms with E-state index in [4.69, 9.17) is 10.5 Å². The van der Waals surface area contributed by atoms with Crippen molar-refractivity contribution < 1.29 is 4.74 Å². The van der Waals surface area contributed by atoms with Crippen LogP contribution in [0.2, 0.25) is 0 Å². The summed E-state index contributed by atoms with van der Waals surface area (Å²) in [7, 11) is 0. The Morgan fingerprint density at radius 1 is 1.19 bits per heavy atom. The lowest BCUT2D eigenvalue weighted by atomic mass is 10.1. The Bertz CT molecular complexity index is 739. The molecule has 1 aromatic carbocycles. The van der Waals surface area contributed by atoms with Crippen LogP contribution in [0.25, 0.3) is 0 Å². The number of hydrogen-bond donors (Lipinski definition) is 2. The molecule has 0 saturated carbocycles. The maximum atomic E-state index is 6.02. The standard InChI is InChI=1S/C19H25N5O.HI/c1-14-10-15(2)12-17(11-14)23-19(20)21-13-16-4-3-5-18(22-16)24-6-8-25-9-7-24;/h3-5,10-12H,6-9,13H2,1-2H3,(H3,20,21,23);1H. The number of nitrogens with two attached hydrogens (primary N) is 1. The van der Waals surface area contributed by atoms with Gasteiger partial charge in [-0.2, -0.15) is 0 Å². The van der Waals surface area contributed by atoms with Crippen molar-refractivity contribution in [1.29, 1.82) is 0 Å². The van der Waals surface area contributed by atoms with Gasteiger partial charge < -0.3 is 20.7 Å². The van der Waals surface area contributed by atoms with E-state index in [0.29, 0.717) is 12.5 Å². The molecule has 0 aliphatic carbocycles. The molecule has 3 rings (SSSR count). The Morgan fingerprint density at radius 3 is 2.58 bits per heavy atom. The fourth-order valence-corrected chi connectivity index (χ4v) is 2.92. The molecule has 2 aromatic rings. The lowest BCUT2D eigenvalue weighted by Crippen LogP contribution is -2.36. The van der Waals surface area contributed by atoms with Crippen LogP contribution in [-0.2, 0) is 11.3 Å². The summed E-state index contributed by atoms with van der Waals surface area (Å²) in [6.45, 7) is 7.81. The number of nitrogens with zero attached hydrogens (tertiary/aromatic N) is 3. The van der Waals surface area contributed by atoms with Gasteiger partial charge >= 0.3 is 0 Å². The molecular formula is C19H26IN5O. The van der Waals surface area contributed by atoms with E-state index in [2.05, 4.69) is 40.1 Å². The van der Waals surface area contributed by atoms with Crippen LogP contribution in [0, 0.1) is 13.8 Å². The fraction of sp³-hybridized carbons (Fsp3) is 0.368. The highest BCUT2D eigenvalue weighted by Gasteiger charge is 2.12. The molecule has 0 amide bonds. The number of guanidine groups is 1. The zero-order chi connectivity index (χ0) is 17.6. The second kappa shape index (κ2) is 9.72. The lowest BCUT2D eigenvalue weighted by molar-refractivity contribution is 0.122. The number of morpholine rings is 1. The number of pyridine rings is 1. The first kappa shape index (κ1) is 20.4. The molecule has 1 aliphatic heterocycles. The van der Waals surface area contributed by atoms with Crippen LogP contribution in [0.1, 0.15) is 16.8 Å². The van der Waals surface area contributed by atoms with Crippen molar-refractivity contribution in [2.75, 3.05) is 36.5 Å². The Morgan fingerprint density at radius 2 is 1.88 bits per heavy atom. The number of benzene rings is 1. The van der Waals surface area contributed by atoms with Crippen LogP contribution in [0.15, 0.2) is 41.4 Å². The summed E-state index contributed by atoms with van der Waals surface area (Å²) in [4.78, 5) is 11.3. The van der Waals surface area contributed by atoms with Gasteiger partial charge in [0.05, 0.1) is 25.5 Å². The maximum Gasteiger partial charge on any atom is 0.193 e. The number of aryl methyl sites for hydroxylation is 2. The van der Waals surface area contributed by atoms with Gasteiger partial charge in [-0.05, 0) is 49.2 Å². The van der Waals surface area contributed by atoms with Gasteiger partial charge in [-0.25, -0.2) is 9.98 Å². The van der Waals surface area contributed by atoms with Crippen molar-refractivity contribution in [2.45, 2.75) is 20.4 Å². The van der Waals surface area contributed by atoms with E-state index in [1.807, 2.05) is 30.3 Å². The molecule has 1 fully saturated rings. The van der Waals surface area contributed by atoms with Gasteiger partial charge in [-0.1, -0.05) is 12.1 Å². The molecule has 0 bridgehead atoms. The van der Waals surface area contributed by atoms with E-state index in [-0.39, 0.29) is 24.0 Å². The van der Waals surface area contributed by atoms with E-state index >= 15 is 0 Å². The summed E-state index contributed by atoms with van der Waals surface area (Å²) < 4.78 is 5.39. The average molecular weight is 467 g/mol.